The topological polar surface area (TPSA) is 65.7 Å². The fourth-order valence-corrected chi connectivity index (χ4v) is 4.12. The zero-order valence-electron chi connectivity index (χ0n) is 18.4. The Morgan fingerprint density at radius 3 is 2.61 bits per heavy atom. The molecule has 0 N–H and O–H groups in total. The van der Waals surface area contributed by atoms with Crippen molar-refractivity contribution in [2.75, 3.05) is 7.11 Å². The number of methoxy groups -OCH3 is 1. The van der Waals surface area contributed by atoms with Crippen LogP contribution in [0, 0.1) is 0 Å². The van der Waals surface area contributed by atoms with Crippen molar-refractivity contribution >= 4 is 17.1 Å². The molecule has 3 aromatic rings. The van der Waals surface area contributed by atoms with Crippen LogP contribution < -0.4 is 15.0 Å². The minimum atomic E-state index is -0.130. The molecule has 1 fully saturated rings. The smallest absolute Gasteiger partial charge is 0.282 e. The Morgan fingerprint density at radius 1 is 1.10 bits per heavy atom. The van der Waals surface area contributed by atoms with Crippen molar-refractivity contribution in [1.82, 2.24) is 9.66 Å². The van der Waals surface area contributed by atoms with Crippen molar-refractivity contribution < 1.29 is 9.47 Å². The Morgan fingerprint density at radius 2 is 1.87 bits per heavy atom. The van der Waals surface area contributed by atoms with Gasteiger partial charge in [0.2, 0.25) is 0 Å². The first-order chi connectivity index (χ1) is 15.1. The molecule has 2 aromatic carbocycles. The maximum absolute atomic E-state index is 13.3. The van der Waals surface area contributed by atoms with Gasteiger partial charge in [0, 0.05) is 5.92 Å². The summed E-state index contributed by atoms with van der Waals surface area (Å²) in [6.07, 6.45) is 7.37. The van der Waals surface area contributed by atoms with Crippen molar-refractivity contribution in [3.8, 4) is 11.5 Å². The molecule has 0 aliphatic heterocycles. The normalized spacial score (nSPS) is 15.1. The minimum Gasteiger partial charge on any atom is -0.493 e. The first-order valence-corrected chi connectivity index (χ1v) is 11.0. The first-order valence-electron chi connectivity index (χ1n) is 11.0. The summed E-state index contributed by atoms with van der Waals surface area (Å²) in [5, 5.41) is 5.17. The van der Waals surface area contributed by atoms with E-state index in [4.69, 9.17) is 14.5 Å². The predicted molar refractivity (Wildman–Crippen MR) is 124 cm³/mol. The van der Waals surface area contributed by atoms with Gasteiger partial charge >= 0.3 is 0 Å². The van der Waals surface area contributed by atoms with E-state index in [1.807, 2.05) is 56.3 Å². The highest BCUT2D eigenvalue weighted by molar-refractivity contribution is 5.81. The van der Waals surface area contributed by atoms with Crippen LogP contribution in [0.3, 0.4) is 0 Å². The standard InChI is InChI=1S/C25H29N3O3/c1-17(2)31-22-14-13-18(15-23(22)30-3)16-26-28-24(19-9-5-4-6-10-19)27-21-12-8-7-11-20(21)25(28)29/h7-8,11-17,19H,4-6,9-10H2,1-3H3. The van der Waals surface area contributed by atoms with Crippen LogP contribution in [0.25, 0.3) is 10.9 Å². The van der Waals surface area contributed by atoms with Gasteiger partial charge in [-0.2, -0.15) is 9.78 Å². The molecular weight excluding hydrogens is 390 g/mol. The van der Waals surface area contributed by atoms with Crippen molar-refractivity contribution in [2.24, 2.45) is 5.10 Å². The third kappa shape index (κ3) is 4.63. The number of hydrogen-bond donors (Lipinski definition) is 0. The molecule has 0 amide bonds. The van der Waals surface area contributed by atoms with Crippen LogP contribution in [0.2, 0.25) is 0 Å². The lowest BCUT2D eigenvalue weighted by Gasteiger charge is -2.22. The summed E-state index contributed by atoms with van der Waals surface area (Å²) in [6, 6.07) is 13.1. The van der Waals surface area contributed by atoms with E-state index in [-0.39, 0.29) is 17.6 Å². The minimum absolute atomic E-state index is 0.0497. The lowest BCUT2D eigenvalue weighted by atomic mass is 9.88. The summed E-state index contributed by atoms with van der Waals surface area (Å²) in [7, 11) is 1.61. The molecule has 1 aliphatic carbocycles. The molecule has 6 heteroatoms. The van der Waals surface area contributed by atoms with E-state index in [2.05, 4.69) is 5.10 Å². The number of fused-ring (bicyclic) bond motifs is 1. The predicted octanol–water partition coefficient (Wildman–Crippen LogP) is 5.12. The van der Waals surface area contributed by atoms with Crippen LogP contribution in [-0.2, 0) is 0 Å². The van der Waals surface area contributed by atoms with Gasteiger partial charge in [0.25, 0.3) is 5.56 Å². The Kier molecular flexibility index (Phi) is 6.35. The second-order valence-electron chi connectivity index (χ2n) is 8.26. The zero-order valence-corrected chi connectivity index (χ0v) is 18.4. The van der Waals surface area contributed by atoms with E-state index < -0.39 is 0 Å². The molecule has 0 unspecified atom stereocenters. The summed E-state index contributed by atoms with van der Waals surface area (Å²) in [5.74, 6) is 2.32. The lowest BCUT2D eigenvalue weighted by molar-refractivity contribution is 0.230. The average Bonchev–Trinajstić information content (AvgIpc) is 2.79. The van der Waals surface area contributed by atoms with E-state index in [0.717, 1.165) is 42.6 Å². The van der Waals surface area contributed by atoms with Crippen molar-refractivity contribution in [3.63, 3.8) is 0 Å². The first kappa shape index (κ1) is 21.1. The molecule has 1 aromatic heterocycles. The largest absolute Gasteiger partial charge is 0.493 e. The highest BCUT2D eigenvalue weighted by Gasteiger charge is 2.22. The van der Waals surface area contributed by atoms with Gasteiger partial charge in [-0.05, 0) is 62.6 Å². The average molecular weight is 420 g/mol. The van der Waals surface area contributed by atoms with Crippen LogP contribution in [0.15, 0.2) is 52.4 Å². The van der Waals surface area contributed by atoms with Crippen LogP contribution in [0.1, 0.15) is 63.3 Å². The number of nitrogens with zero attached hydrogens (tertiary/aromatic N) is 3. The Labute approximate surface area is 182 Å². The van der Waals surface area contributed by atoms with Crippen LogP contribution >= 0.6 is 0 Å². The molecule has 4 rings (SSSR count). The van der Waals surface area contributed by atoms with Crippen LogP contribution in [0.5, 0.6) is 11.5 Å². The molecule has 1 saturated carbocycles. The van der Waals surface area contributed by atoms with Gasteiger partial charge in [-0.15, -0.1) is 0 Å². The number of para-hydroxylation sites is 1. The summed E-state index contributed by atoms with van der Waals surface area (Å²) in [4.78, 5) is 18.1. The zero-order chi connectivity index (χ0) is 21.8. The van der Waals surface area contributed by atoms with E-state index in [1.165, 1.54) is 11.1 Å². The van der Waals surface area contributed by atoms with Gasteiger partial charge < -0.3 is 9.47 Å². The van der Waals surface area contributed by atoms with Crippen molar-refractivity contribution in [3.05, 3.63) is 64.2 Å². The second-order valence-corrected chi connectivity index (χ2v) is 8.26. The second kappa shape index (κ2) is 9.33. The number of benzene rings is 2. The van der Waals surface area contributed by atoms with Crippen molar-refractivity contribution in [1.29, 1.82) is 0 Å². The summed E-state index contributed by atoms with van der Waals surface area (Å²) >= 11 is 0. The molecule has 31 heavy (non-hydrogen) atoms. The third-order valence-electron chi connectivity index (χ3n) is 5.62. The number of aromatic nitrogens is 2. The molecular formula is C25H29N3O3. The highest BCUT2D eigenvalue weighted by Crippen LogP contribution is 2.32. The molecule has 0 radical (unpaired) electrons. The summed E-state index contributed by atoms with van der Waals surface area (Å²) in [5.41, 5.74) is 1.42. The quantitative estimate of drug-likeness (QED) is 0.520. The van der Waals surface area contributed by atoms with E-state index in [0.29, 0.717) is 16.9 Å². The maximum atomic E-state index is 13.3. The highest BCUT2D eigenvalue weighted by atomic mass is 16.5. The lowest BCUT2D eigenvalue weighted by Crippen LogP contribution is -2.25. The van der Waals surface area contributed by atoms with Gasteiger partial charge in [-0.1, -0.05) is 31.4 Å². The molecule has 1 aliphatic rings. The molecule has 6 nitrogen and oxygen atoms in total. The SMILES string of the molecule is COc1cc(C=Nn2c(C3CCCCC3)nc3ccccc3c2=O)ccc1OC(C)C. The molecule has 0 atom stereocenters. The molecule has 162 valence electrons. The number of ether oxygens (including phenoxy) is 2. The summed E-state index contributed by atoms with van der Waals surface area (Å²) < 4.78 is 12.7. The van der Waals surface area contributed by atoms with Crippen LogP contribution in [0.4, 0.5) is 0 Å². The van der Waals surface area contributed by atoms with Crippen molar-refractivity contribution in [2.45, 2.75) is 58.0 Å². The molecule has 0 saturated heterocycles. The summed E-state index contributed by atoms with van der Waals surface area (Å²) in [6.45, 7) is 3.95. The third-order valence-corrected chi connectivity index (χ3v) is 5.62. The molecule has 0 spiro atoms. The molecule has 0 bridgehead atoms. The fraction of sp³-hybridized carbons (Fsp3) is 0.400. The van der Waals surface area contributed by atoms with Gasteiger partial charge in [0.05, 0.1) is 30.3 Å². The fourth-order valence-electron chi connectivity index (χ4n) is 4.12. The Balaban J connectivity index is 1.75. The van der Waals surface area contributed by atoms with Crippen LogP contribution in [-0.4, -0.2) is 29.1 Å². The molecule has 1 heterocycles. The van der Waals surface area contributed by atoms with E-state index in [9.17, 15) is 4.79 Å². The number of hydrogen-bond acceptors (Lipinski definition) is 5. The maximum Gasteiger partial charge on any atom is 0.282 e. The van der Waals surface area contributed by atoms with Gasteiger partial charge in [-0.25, -0.2) is 4.98 Å². The van der Waals surface area contributed by atoms with E-state index >= 15 is 0 Å². The van der Waals surface area contributed by atoms with E-state index in [1.54, 1.807) is 13.3 Å². The van der Waals surface area contributed by atoms with Gasteiger partial charge in [0.15, 0.2) is 11.5 Å². The van der Waals surface area contributed by atoms with Gasteiger partial charge in [0.1, 0.15) is 5.82 Å². The van der Waals surface area contributed by atoms with Gasteiger partial charge in [-0.3, -0.25) is 4.79 Å². The Bertz CT molecular complexity index is 1140. The monoisotopic (exact) mass is 419 g/mol. The number of rotatable bonds is 6. The Hall–Kier alpha value is -3.15.